The van der Waals surface area contributed by atoms with Gasteiger partial charge in [0.2, 0.25) is 0 Å². The molecule has 0 aromatic heterocycles. The van der Waals surface area contributed by atoms with Gasteiger partial charge in [0.15, 0.2) is 9.84 Å². The van der Waals surface area contributed by atoms with Crippen molar-refractivity contribution >= 4 is 21.9 Å². The molecule has 0 saturated carbocycles. The first kappa shape index (κ1) is 12.7. The smallest absolute Gasteiger partial charge is 0.314 e. The summed E-state index contributed by atoms with van der Waals surface area (Å²) in [6.07, 6.45) is 2.91. The lowest BCUT2D eigenvalue weighted by Gasteiger charge is -2.08. The summed E-state index contributed by atoms with van der Waals surface area (Å²) in [4.78, 5) is 10.4. The van der Waals surface area contributed by atoms with Crippen molar-refractivity contribution in [3.05, 3.63) is 24.3 Å². The lowest BCUT2D eigenvalue weighted by molar-refractivity contribution is 0.561. The Bertz CT molecular complexity index is 454. The van der Waals surface area contributed by atoms with Gasteiger partial charge < -0.3 is 5.32 Å². The summed E-state index contributed by atoms with van der Waals surface area (Å²) in [6.45, 7) is 1.93. The summed E-state index contributed by atoms with van der Waals surface area (Å²) >= 11 is 0. The van der Waals surface area contributed by atoms with Crippen LogP contribution in [0.1, 0.15) is 19.8 Å². The Labute approximate surface area is 95.6 Å². The number of amides is 1. The molecule has 0 saturated heterocycles. The van der Waals surface area contributed by atoms with Gasteiger partial charge in [0.1, 0.15) is 0 Å². The molecule has 1 rings (SSSR count). The zero-order valence-corrected chi connectivity index (χ0v) is 9.88. The fraction of sp³-hybridized carbons (Fsp3) is 0.364. The van der Waals surface area contributed by atoms with Crippen molar-refractivity contribution in [1.82, 2.24) is 0 Å². The molecule has 0 unspecified atom stereocenters. The van der Waals surface area contributed by atoms with E-state index in [2.05, 4.69) is 5.32 Å². The predicted molar refractivity (Wildman–Crippen MR) is 62.7 cm³/mol. The zero-order chi connectivity index (χ0) is 12.0. The monoisotopic (exact) mass is 240 g/mol. The molecule has 0 aliphatic heterocycles. The van der Waals surface area contributed by atoms with Crippen LogP contribution < -0.4 is 5.32 Å². The fourth-order valence-electron chi connectivity index (χ4n) is 1.34. The van der Waals surface area contributed by atoms with Gasteiger partial charge in [-0.05, 0) is 18.6 Å². The van der Waals surface area contributed by atoms with Crippen LogP contribution in [0.25, 0.3) is 0 Å². The molecular weight excluding hydrogens is 226 g/mol. The lowest BCUT2D eigenvalue weighted by Crippen LogP contribution is -2.10. The molecule has 0 bridgehead atoms. The number of carbonyl (C=O) groups excluding carboxylic acids is 1. The van der Waals surface area contributed by atoms with Crippen molar-refractivity contribution in [2.45, 2.75) is 24.7 Å². The second-order valence-corrected chi connectivity index (χ2v) is 5.47. The van der Waals surface area contributed by atoms with Crippen LogP contribution in [0.5, 0.6) is 0 Å². The van der Waals surface area contributed by atoms with Gasteiger partial charge in [0, 0.05) is 0 Å². The highest BCUT2D eigenvalue weighted by Crippen LogP contribution is 2.22. The number of hydrogen-bond donors (Lipinski definition) is 1. The van der Waals surface area contributed by atoms with E-state index in [1.165, 1.54) is 12.5 Å². The maximum atomic E-state index is 11.9. The highest BCUT2D eigenvalue weighted by molar-refractivity contribution is 7.91. The fourth-order valence-corrected chi connectivity index (χ4v) is 2.97. The van der Waals surface area contributed by atoms with Crippen LogP contribution >= 0.6 is 0 Å². The van der Waals surface area contributed by atoms with Gasteiger partial charge >= 0.3 is 6.41 Å². The summed E-state index contributed by atoms with van der Waals surface area (Å²) in [6, 6.07) is 6.34. The Hall–Kier alpha value is -1.36. The van der Waals surface area contributed by atoms with E-state index in [4.69, 9.17) is 0 Å². The van der Waals surface area contributed by atoms with E-state index in [-0.39, 0.29) is 16.3 Å². The average molecular weight is 240 g/mol. The first-order valence-electron chi connectivity index (χ1n) is 5.06. The third kappa shape index (κ3) is 3.06. The van der Waals surface area contributed by atoms with Crippen molar-refractivity contribution < 1.29 is 13.2 Å². The maximum absolute atomic E-state index is 11.9. The van der Waals surface area contributed by atoms with Crippen molar-refractivity contribution in [2.75, 3.05) is 11.1 Å². The summed E-state index contributed by atoms with van der Waals surface area (Å²) in [5.41, 5.74) is 0.286. The van der Waals surface area contributed by atoms with Crippen molar-refractivity contribution in [3.8, 4) is 0 Å². The van der Waals surface area contributed by atoms with Crippen molar-refractivity contribution in [2.24, 2.45) is 0 Å². The van der Waals surface area contributed by atoms with Crippen molar-refractivity contribution in [1.29, 1.82) is 0 Å². The molecule has 1 amide bonds. The van der Waals surface area contributed by atoms with Gasteiger partial charge in [0.25, 0.3) is 0 Å². The van der Waals surface area contributed by atoms with E-state index < -0.39 is 9.84 Å². The average Bonchev–Trinajstić information content (AvgIpc) is 2.27. The first-order chi connectivity index (χ1) is 7.61. The van der Waals surface area contributed by atoms with Crippen LogP contribution in [0.3, 0.4) is 0 Å². The number of benzene rings is 1. The Morgan fingerprint density at radius 3 is 2.62 bits per heavy atom. The molecule has 16 heavy (non-hydrogen) atoms. The van der Waals surface area contributed by atoms with E-state index in [1.54, 1.807) is 18.2 Å². The van der Waals surface area contributed by atoms with Crippen LogP contribution in [0.15, 0.2) is 29.2 Å². The Morgan fingerprint density at radius 1 is 1.31 bits per heavy atom. The molecule has 0 atom stereocenters. The number of hydrogen-bond acceptors (Lipinski definition) is 3. The van der Waals surface area contributed by atoms with Crippen LogP contribution in [0, 0.1) is 0 Å². The van der Waals surface area contributed by atoms with Crippen LogP contribution in [0.4, 0.5) is 5.69 Å². The third-order valence-electron chi connectivity index (χ3n) is 2.17. The van der Waals surface area contributed by atoms with E-state index in [1.807, 2.05) is 6.92 Å². The van der Waals surface area contributed by atoms with Crippen LogP contribution in [-0.4, -0.2) is 20.6 Å². The van der Waals surface area contributed by atoms with Gasteiger partial charge in [-0.1, -0.05) is 25.5 Å². The number of anilines is 1. The minimum absolute atomic E-state index is 0.0983. The normalized spacial score (nSPS) is 11.1. The van der Waals surface area contributed by atoms with Crippen molar-refractivity contribution in [3.63, 3.8) is 0 Å². The predicted octanol–water partition coefficient (Wildman–Crippen LogP) is 1.74. The molecule has 5 heteroatoms. The largest absolute Gasteiger partial charge is 0.317 e. The SMILES string of the molecule is CCCCS(=O)(=O)c1ccccc1N[C]=O. The Kier molecular flexibility index (Phi) is 4.49. The second-order valence-electron chi connectivity index (χ2n) is 3.40. The summed E-state index contributed by atoms with van der Waals surface area (Å²) in [5.74, 6) is 0.0983. The van der Waals surface area contributed by atoms with Crippen LogP contribution in [-0.2, 0) is 14.6 Å². The summed E-state index contributed by atoms with van der Waals surface area (Å²) in [7, 11) is -3.32. The van der Waals surface area contributed by atoms with E-state index in [0.29, 0.717) is 6.42 Å². The Balaban J connectivity index is 3.06. The molecule has 1 radical (unpaired) electrons. The minimum Gasteiger partial charge on any atom is -0.317 e. The molecule has 1 N–H and O–H groups in total. The lowest BCUT2D eigenvalue weighted by atomic mass is 10.3. The molecular formula is C11H14NO3S. The quantitative estimate of drug-likeness (QED) is 0.770. The summed E-state index contributed by atoms with van der Waals surface area (Å²) < 4.78 is 23.8. The molecule has 1 aromatic carbocycles. The molecule has 0 aliphatic carbocycles. The van der Waals surface area contributed by atoms with E-state index in [9.17, 15) is 13.2 Å². The number of unbranched alkanes of at least 4 members (excludes halogenated alkanes) is 1. The first-order valence-corrected chi connectivity index (χ1v) is 6.72. The summed E-state index contributed by atoms with van der Waals surface area (Å²) in [5, 5.41) is 2.27. The third-order valence-corrected chi connectivity index (χ3v) is 4.03. The number of sulfone groups is 1. The number of para-hydroxylation sites is 1. The minimum atomic E-state index is -3.32. The highest BCUT2D eigenvalue weighted by atomic mass is 32.2. The molecule has 0 spiro atoms. The highest BCUT2D eigenvalue weighted by Gasteiger charge is 2.17. The standard InChI is InChI=1S/C11H14NO3S/c1-2-3-8-16(14,15)11-7-5-4-6-10(11)12-9-13/h4-7H,2-3,8H2,1H3,(H,12,13). The molecule has 0 fully saturated rings. The van der Waals surface area contributed by atoms with E-state index >= 15 is 0 Å². The van der Waals surface area contributed by atoms with Crippen LogP contribution in [0.2, 0.25) is 0 Å². The van der Waals surface area contributed by atoms with Gasteiger partial charge in [-0.2, -0.15) is 0 Å². The topological polar surface area (TPSA) is 63.2 Å². The zero-order valence-electron chi connectivity index (χ0n) is 9.06. The maximum Gasteiger partial charge on any atom is 0.314 e. The van der Waals surface area contributed by atoms with E-state index in [0.717, 1.165) is 6.42 Å². The second kappa shape index (κ2) is 5.65. The molecule has 1 aromatic rings. The van der Waals surface area contributed by atoms with Gasteiger partial charge in [0.05, 0.1) is 16.3 Å². The molecule has 87 valence electrons. The Morgan fingerprint density at radius 2 is 2.00 bits per heavy atom. The number of rotatable bonds is 6. The number of nitrogens with one attached hydrogen (secondary N) is 1. The van der Waals surface area contributed by atoms with Gasteiger partial charge in [-0.25, -0.2) is 8.42 Å². The van der Waals surface area contributed by atoms with Gasteiger partial charge in [-0.3, -0.25) is 4.79 Å². The molecule has 0 heterocycles. The van der Waals surface area contributed by atoms with Gasteiger partial charge in [-0.15, -0.1) is 0 Å². The molecule has 4 nitrogen and oxygen atoms in total. The molecule has 0 aliphatic rings.